The summed E-state index contributed by atoms with van der Waals surface area (Å²) in [5, 5.41) is 15.8. The predicted octanol–water partition coefficient (Wildman–Crippen LogP) is 6.03. The van der Waals surface area contributed by atoms with Crippen molar-refractivity contribution in [2.24, 2.45) is 17.3 Å². The van der Waals surface area contributed by atoms with Gasteiger partial charge in [-0.05, 0) is 101 Å². The highest BCUT2D eigenvalue weighted by molar-refractivity contribution is 7.91. The largest absolute Gasteiger partial charge is 0.494 e. The van der Waals surface area contributed by atoms with Gasteiger partial charge in [0.15, 0.2) is 5.54 Å². The summed E-state index contributed by atoms with van der Waals surface area (Å²) in [7, 11) is -2.56. The molecule has 3 heterocycles. The second-order valence-corrected chi connectivity index (χ2v) is 22.3. The predicted molar refractivity (Wildman–Crippen MR) is 250 cm³/mol. The van der Waals surface area contributed by atoms with E-state index in [2.05, 4.69) is 32.6 Å². The van der Waals surface area contributed by atoms with Crippen molar-refractivity contribution < 1.29 is 46.9 Å². The van der Waals surface area contributed by atoms with Crippen LogP contribution in [0.25, 0.3) is 10.9 Å². The number of fused-ring (bicyclic) bond motifs is 1. The quantitative estimate of drug-likeness (QED) is 0.0607. The molecule has 16 nitrogen and oxygen atoms in total. The molecular weight excluding hydrogens is 865 g/mol. The number of para-hydroxylation sites is 1. The highest BCUT2D eigenvalue weighted by Crippen LogP contribution is 2.44. The van der Waals surface area contributed by atoms with Gasteiger partial charge in [0, 0.05) is 24.3 Å². The normalized spacial score (nSPS) is 24.0. The van der Waals surface area contributed by atoms with Crippen LogP contribution in [-0.2, 0) is 30.8 Å². The molecule has 0 radical (unpaired) electrons. The van der Waals surface area contributed by atoms with Crippen molar-refractivity contribution in [1.29, 1.82) is 0 Å². The number of carbonyl (C=O) groups is 4. The molecule has 3 aliphatic carbocycles. The number of aromatic nitrogens is 1. The number of carboxylic acid groups (broad SMARTS) is 1. The van der Waals surface area contributed by atoms with E-state index in [0.717, 1.165) is 62.2 Å². The average molecular weight is 933 g/mol. The Hall–Kier alpha value is -5.12. The molecule has 1 aromatic carbocycles. The molecule has 4 N–H and O–H groups in total. The molecule has 2 saturated carbocycles. The lowest BCUT2D eigenvalue weighted by Gasteiger charge is -2.37. The molecule has 2 aromatic rings. The summed E-state index contributed by atoms with van der Waals surface area (Å²) >= 11 is 0. The van der Waals surface area contributed by atoms with E-state index in [-0.39, 0.29) is 18.8 Å². The van der Waals surface area contributed by atoms with Crippen LogP contribution in [0.1, 0.15) is 110 Å². The summed E-state index contributed by atoms with van der Waals surface area (Å²) in [5.74, 6) is -1.09. The third-order valence-corrected chi connectivity index (χ3v) is 16.1. The molecule has 66 heavy (non-hydrogen) atoms. The summed E-state index contributed by atoms with van der Waals surface area (Å²) in [6.07, 6.45) is 13.2. The number of carbonyl (C=O) groups excluding carboxylic acids is 3. The molecule has 360 valence electrons. The Bertz CT molecular complexity index is 2340. The zero-order chi connectivity index (χ0) is 47.4. The fourth-order valence-electron chi connectivity index (χ4n) is 9.37. The highest BCUT2D eigenvalue weighted by atomic mass is 32.2. The zero-order valence-electron chi connectivity index (χ0n) is 39.2. The van der Waals surface area contributed by atoms with Crippen molar-refractivity contribution >= 4 is 44.7 Å². The van der Waals surface area contributed by atoms with Gasteiger partial charge in [-0.15, -0.1) is 12.3 Å². The van der Waals surface area contributed by atoms with Crippen molar-refractivity contribution in [3.8, 4) is 17.4 Å². The van der Waals surface area contributed by atoms with Crippen LogP contribution in [0.15, 0.2) is 48.7 Å². The average Bonchev–Trinajstić information content (AvgIpc) is 4.06. The number of hydrogen-bond donors (Lipinski definition) is 4. The summed E-state index contributed by atoms with van der Waals surface area (Å²) in [5.41, 5.74) is 1.27. The number of rotatable bonds is 22. The van der Waals surface area contributed by atoms with E-state index in [1.54, 1.807) is 34.8 Å². The van der Waals surface area contributed by atoms with E-state index in [1.165, 1.54) is 55.2 Å². The molecule has 7 rings (SSSR count). The Kier molecular flexibility index (Phi) is 14.8. The van der Waals surface area contributed by atoms with Crippen molar-refractivity contribution in [1.82, 2.24) is 30.1 Å². The highest BCUT2D eigenvalue weighted by Gasteiger charge is 2.55. The topological polar surface area (TPSA) is 206 Å². The number of hydrogen-bond acceptors (Lipinski definition) is 11. The number of methoxy groups -OCH3 is 1. The van der Waals surface area contributed by atoms with Gasteiger partial charge in [0.1, 0.15) is 35.2 Å². The molecule has 5 unspecified atom stereocenters. The smallest absolute Gasteiger partial charge is 0.405 e. The molecule has 5 aliphatic rings. The molecule has 0 spiro atoms. The fourth-order valence-corrected chi connectivity index (χ4v) is 10.7. The molecule has 4 amide bonds. The van der Waals surface area contributed by atoms with Gasteiger partial charge in [-0.25, -0.2) is 18.2 Å². The monoisotopic (exact) mass is 932 g/mol. The van der Waals surface area contributed by atoms with Crippen molar-refractivity contribution in [2.75, 3.05) is 39.9 Å². The minimum Gasteiger partial charge on any atom is -0.494 e. The number of pyridine rings is 1. The Morgan fingerprint density at radius 3 is 2.48 bits per heavy atom. The molecular formula is C49H68N6O10S. The number of amides is 4. The third-order valence-electron chi connectivity index (χ3n) is 13.9. The first-order valence-corrected chi connectivity index (χ1v) is 25.1. The number of likely N-dealkylation sites (tertiary alicyclic amines) is 2. The van der Waals surface area contributed by atoms with Crippen molar-refractivity contribution in [2.45, 2.75) is 140 Å². The fraction of sp³-hybridized carbons (Fsp3) is 0.633. The lowest BCUT2D eigenvalue weighted by Crippen LogP contribution is -2.65. The van der Waals surface area contributed by atoms with E-state index in [1.807, 2.05) is 18.2 Å². The van der Waals surface area contributed by atoms with Crippen molar-refractivity contribution in [3.05, 3.63) is 54.3 Å². The Morgan fingerprint density at radius 1 is 1.09 bits per heavy atom. The Balaban J connectivity index is 1.23. The molecule has 5 atom stereocenters. The second kappa shape index (κ2) is 20.0. The van der Waals surface area contributed by atoms with Gasteiger partial charge in [0.05, 0.1) is 30.6 Å². The van der Waals surface area contributed by atoms with Crippen LogP contribution in [0.4, 0.5) is 4.79 Å². The molecule has 1 aromatic heterocycles. The lowest BCUT2D eigenvalue weighted by atomic mass is 9.85. The van der Waals surface area contributed by atoms with E-state index in [4.69, 9.17) is 19.2 Å². The molecule has 4 fully saturated rings. The minimum absolute atomic E-state index is 0.0794. The molecule has 17 heteroatoms. The number of benzene rings is 1. The van der Waals surface area contributed by atoms with Crippen LogP contribution in [0.5, 0.6) is 17.4 Å². The Labute approximate surface area is 389 Å². The van der Waals surface area contributed by atoms with Gasteiger partial charge in [0.2, 0.25) is 27.7 Å². The van der Waals surface area contributed by atoms with Crippen LogP contribution in [0.2, 0.25) is 0 Å². The van der Waals surface area contributed by atoms with Gasteiger partial charge >= 0.3 is 6.09 Å². The summed E-state index contributed by atoms with van der Waals surface area (Å²) in [6, 6.07) is 3.10. The first-order chi connectivity index (χ1) is 31.4. The second-order valence-electron chi connectivity index (χ2n) is 20.1. The number of nitrogens with one attached hydrogen (secondary N) is 3. The van der Waals surface area contributed by atoms with Gasteiger partial charge in [-0.3, -0.25) is 19.1 Å². The molecule has 2 aliphatic heterocycles. The number of nitrogens with zero attached hydrogens (tertiary/aromatic N) is 3. The maximum absolute atomic E-state index is 14.9. The lowest BCUT2D eigenvalue weighted by molar-refractivity contribution is -0.143. The summed E-state index contributed by atoms with van der Waals surface area (Å²) in [6.45, 7) is 13.9. The van der Waals surface area contributed by atoms with Crippen LogP contribution < -0.4 is 29.6 Å². The van der Waals surface area contributed by atoms with Gasteiger partial charge in [-0.2, -0.15) is 0 Å². The van der Waals surface area contributed by atoms with Gasteiger partial charge < -0.3 is 39.8 Å². The maximum atomic E-state index is 14.9. The number of unbranched alkanes of at least 4 members (excludes halogenated alkanes) is 2. The van der Waals surface area contributed by atoms with Crippen LogP contribution in [0.3, 0.4) is 0 Å². The third kappa shape index (κ3) is 10.8. The SMILES string of the molecule is C=CC1C=C=CC1(NC(=O)C1CC(Oc2nc3c(OC)cccc3c(OCCCN3CCCC3)c2CCCCCC2CC2)CN1C(=O)C(NC(=O)O)C(C)(C)C)C(=O)NS(=O)(=O)C1(C)CC1. The Morgan fingerprint density at radius 2 is 1.83 bits per heavy atom. The van der Waals surface area contributed by atoms with Crippen molar-refractivity contribution in [3.63, 3.8) is 0 Å². The van der Waals surface area contributed by atoms with Crippen LogP contribution in [-0.4, -0.2) is 120 Å². The van der Waals surface area contributed by atoms with E-state index < -0.39 is 73.6 Å². The van der Waals surface area contributed by atoms with E-state index >= 15 is 0 Å². The minimum atomic E-state index is -4.13. The van der Waals surface area contributed by atoms with Crippen LogP contribution in [0, 0.1) is 17.3 Å². The number of ether oxygens (including phenoxy) is 3. The van der Waals surface area contributed by atoms with Gasteiger partial charge in [0.25, 0.3) is 5.91 Å². The maximum Gasteiger partial charge on any atom is 0.405 e. The molecule has 0 bridgehead atoms. The summed E-state index contributed by atoms with van der Waals surface area (Å²) < 4.78 is 47.2. The van der Waals surface area contributed by atoms with E-state index in [0.29, 0.717) is 42.9 Å². The van der Waals surface area contributed by atoms with Gasteiger partial charge in [-0.1, -0.05) is 65.0 Å². The summed E-state index contributed by atoms with van der Waals surface area (Å²) in [4.78, 5) is 64.6. The van der Waals surface area contributed by atoms with Crippen LogP contribution >= 0.6 is 0 Å². The first kappa shape index (κ1) is 48.8. The zero-order valence-corrected chi connectivity index (χ0v) is 40.0. The number of sulfonamides is 1. The first-order valence-electron chi connectivity index (χ1n) is 23.7. The standard InChI is InChI=1S/C49H68N6O10S/c1-7-33-17-14-23-49(33,45(58)53-66(61,62)48(5)24-25-48)52-42(56)37-30-34(31-55(37)44(57)41(47(2,3)4)51-46(59)60)65-43-36(18-10-8-9-16-32-21-22-32)40(64-29-15-28-54-26-11-12-27-54)35-19-13-20-38(63-6)39(35)50-43/h7,13,17,19-20,23,32-34,37,41,51H,1,8-12,15-16,18,21-22,24-31H2,2-6H3,(H,52,56)(H,53,58)(H,59,60). The van der Waals surface area contributed by atoms with E-state index in [9.17, 15) is 32.7 Å². The molecule has 2 saturated heterocycles.